The van der Waals surface area contributed by atoms with Crippen LogP contribution in [0.5, 0.6) is 5.75 Å². The van der Waals surface area contributed by atoms with Crippen molar-refractivity contribution in [2.45, 2.75) is 51.3 Å². The molecule has 156 valence electrons. The minimum absolute atomic E-state index is 0.213. The smallest absolute Gasteiger partial charge is 0.129 e. The van der Waals surface area contributed by atoms with E-state index in [2.05, 4.69) is 35.9 Å². The molecule has 0 aliphatic carbocycles. The Balaban J connectivity index is 1.36. The Bertz CT molecular complexity index is 944. The van der Waals surface area contributed by atoms with Gasteiger partial charge in [-0.05, 0) is 70.3 Å². The van der Waals surface area contributed by atoms with Crippen LogP contribution in [-0.4, -0.2) is 52.9 Å². The maximum atomic E-state index is 10.6. The Kier molecular flexibility index (Phi) is 6.09. The van der Waals surface area contributed by atoms with E-state index in [1.165, 1.54) is 0 Å². The van der Waals surface area contributed by atoms with E-state index in [4.69, 9.17) is 10.5 Å². The quantitative estimate of drug-likeness (QED) is 0.567. The number of para-hydroxylation sites is 1. The van der Waals surface area contributed by atoms with Crippen molar-refractivity contribution in [2.75, 3.05) is 19.7 Å². The number of nitrogens with one attached hydrogen (secondary N) is 1. The topological polar surface area (TPSA) is 74.5 Å². The molecule has 5 nitrogen and oxygen atoms in total. The molecule has 0 saturated carbocycles. The summed E-state index contributed by atoms with van der Waals surface area (Å²) in [6, 6.07) is 14.5. The minimum atomic E-state index is -0.668. The van der Waals surface area contributed by atoms with Crippen molar-refractivity contribution in [3.63, 3.8) is 0 Å². The number of aliphatic hydroxyl groups excluding tert-OH is 1. The highest BCUT2D eigenvalue weighted by molar-refractivity contribution is 6.10. The van der Waals surface area contributed by atoms with Crippen molar-refractivity contribution in [2.24, 2.45) is 11.7 Å². The zero-order valence-corrected chi connectivity index (χ0v) is 17.5. The predicted molar refractivity (Wildman–Crippen MR) is 119 cm³/mol. The minimum Gasteiger partial charge on any atom is -0.490 e. The third-order valence-corrected chi connectivity index (χ3v) is 6.38. The number of benzene rings is 2. The molecule has 1 aromatic heterocycles. The van der Waals surface area contributed by atoms with Gasteiger partial charge in [0.05, 0.1) is 5.52 Å². The molecule has 5 heteroatoms. The number of nitrogens with zero attached hydrogens (tertiary/aromatic N) is 1. The summed E-state index contributed by atoms with van der Waals surface area (Å²) in [6.07, 6.45) is 2.51. The van der Waals surface area contributed by atoms with Gasteiger partial charge >= 0.3 is 0 Å². The summed E-state index contributed by atoms with van der Waals surface area (Å²) in [5.74, 6) is 1.38. The van der Waals surface area contributed by atoms with Crippen molar-refractivity contribution in [3.8, 4) is 5.75 Å². The molecule has 2 aromatic carbocycles. The number of H-pyrrole nitrogens is 1. The molecule has 0 amide bonds. The van der Waals surface area contributed by atoms with E-state index in [1.54, 1.807) is 0 Å². The normalized spacial score (nSPS) is 18.5. The van der Waals surface area contributed by atoms with Crippen molar-refractivity contribution in [1.82, 2.24) is 9.88 Å². The maximum Gasteiger partial charge on any atom is 0.129 e. The van der Waals surface area contributed by atoms with Crippen LogP contribution in [0.1, 0.15) is 33.1 Å². The molecule has 4 rings (SSSR count). The lowest BCUT2D eigenvalue weighted by Gasteiger charge is -2.36. The molecule has 2 heterocycles. The summed E-state index contributed by atoms with van der Waals surface area (Å²) >= 11 is 0. The van der Waals surface area contributed by atoms with Crippen molar-refractivity contribution >= 4 is 21.8 Å². The van der Waals surface area contributed by atoms with Gasteiger partial charge < -0.3 is 25.5 Å². The number of piperidine rings is 1. The van der Waals surface area contributed by atoms with Crippen LogP contribution in [0.4, 0.5) is 0 Å². The summed E-state index contributed by atoms with van der Waals surface area (Å²) in [5.41, 5.74) is 8.47. The van der Waals surface area contributed by atoms with E-state index in [0.717, 1.165) is 59.9 Å². The summed E-state index contributed by atoms with van der Waals surface area (Å²) in [6.45, 7) is 6.97. The Morgan fingerprint density at radius 2 is 1.83 bits per heavy atom. The first-order valence-corrected chi connectivity index (χ1v) is 10.8. The molecule has 1 unspecified atom stereocenters. The van der Waals surface area contributed by atoms with Crippen LogP contribution >= 0.6 is 0 Å². The fraction of sp³-hybridized carbons (Fsp3) is 0.500. The molecule has 0 bridgehead atoms. The predicted octanol–water partition coefficient (Wildman–Crippen LogP) is 3.90. The zero-order chi connectivity index (χ0) is 20.4. The number of likely N-dealkylation sites (tertiary alicyclic amines) is 1. The Morgan fingerprint density at radius 3 is 2.59 bits per heavy atom. The SMILES string of the molecule is CC(C)N1CCC(CC(N)[C@H](O)COc2cccc3[nH]c4ccccc4c23)CC1. The molecule has 2 atom stereocenters. The van der Waals surface area contributed by atoms with E-state index < -0.39 is 6.10 Å². The molecular formula is C24H33N3O2. The molecular weight excluding hydrogens is 362 g/mol. The van der Waals surface area contributed by atoms with Gasteiger partial charge in [0.15, 0.2) is 0 Å². The van der Waals surface area contributed by atoms with Crippen molar-refractivity contribution < 1.29 is 9.84 Å². The van der Waals surface area contributed by atoms with Gasteiger partial charge in [-0.25, -0.2) is 0 Å². The summed E-state index contributed by atoms with van der Waals surface area (Å²) in [7, 11) is 0. The third-order valence-electron chi connectivity index (χ3n) is 6.38. The molecule has 4 N–H and O–H groups in total. The number of aromatic nitrogens is 1. The van der Waals surface area contributed by atoms with Crippen LogP contribution in [0, 0.1) is 5.92 Å². The number of hydrogen-bond donors (Lipinski definition) is 3. The highest BCUT2D eigenvalue weighted by Gasteiger charge is 2.25. The Hall–Kier alpha value is -2.08. The monoisotopic (exact) mass is 395 g/mol. The number of aliphatic hydroxyl groups is 1. The molecule has 0 radical (unpaired) electrons. The third kappa shape index (κ3) is 4.42. The molecule has 1 aliphatic rings. The number of aromatic amines is 1. The van der Waals surface area contributed by atoms with E-state index in [0.29, 0.717) is 12.0 Å². The van der Waals surface area contributed by atoms with Crippen LogP contribution in [-0.2, 0) is 0 Å². The molecule has 0 spiro atoms. The van der Waals surface area contributed by atoms with Gasteiger partial charge in [0.25, 0.3) is 0 Å². The van der Waals surface area contributed by atoms with Crippen LogP contribution < -0.4 is 10.5 Å². The van der Waals surface area contributed by atoms with Gasteiger partial charge in [-0.3, -0.25) is 0 Å². The summed E-state index contributed by atoms with van der Waals surface area (Å²) in [4.78, 5) is 5.94. The van der Waals surface area contributed by atoms with Crippen LogP contribution in [0.3, 0.4) is 0 Å². The molecule has 1 fully saturated rings. The van der Waals surface area contributed by atoms with Crippen LogP contribution in [0.2, 0.25) is 0 Å². The van der Waals surface area contributed by atoms with Crippen molar-refractivity contribution in [3.05, 3.63) is 42.5 Å². The standard InChI is InChI=1S/C24H33N3O2/c1-16(2)27-12-10-17(11-13-27)14-19(25)22(28)15-29-23-9-5-8-21-24(23)18-6-3-4-7-20(18)26-21/h3-9,16-17,19,22,26,28H,10-15,25H2,1-2H3/t19?,22-/m1/s1. The summed E-state index contributed by atoms with van der Waals surface area (Å²) < 4.78 is 6.05. The highest BCUT2D eigenvalue weighted by atomic mass is 16.5. The second kappa shape index (κ2) is 8.74. The number of hydrogen-bond acceptors (Lipinski definition) is 4. The first-order valence-electron chi connectivity index (χ1n) is 10.8. The second-order valence-corrected chi connectivity index (χ2v) is 8.70. The maximum absolute atomic E-state index is 10.6. The van der Waals surface area contributed by atoms with E-state index in [9.17, 15) is 5.11 Å². The second-order valence-electron chi connectivity index (χ2n) is 8.70. The van der Waals surface area contributed by atoms with Crippen LogP contribution in [0.15, 0.2) is 42.5 Å². The number of fused-ring (bicyclic) bond motifs is 3. The Labute approximate surface area is 172 Å². The van der Waals surface area contributed by atoms with Gasteiger partial charge in [0.2, 0.25) is 0 Å². The average molecular weight is 396 g/mol. The average Bonchev–Trinajstić information content (AvgIpc) is 3.11. The van der Waals surface area contributed by atoms with Crippen molar-refractivity contribution in [1.29, 1.82) is 0 Å². The van der Waals surface area contributed by atoms with E-state index >= 15 is 0 Å². The Morgan fingerprint density at radius 1 is 1.10 bits per heavy atom. The fourth-order valence-corrected chi connectivity index (χ4v) is 4.53. The molecule has 29 heavy (non-hydrogen) atoms. The first-order chi connectivity index (χ1) is 14.0. The van der Waals surface area contributed by atoms with Crippen LogP contribution in [0.25, 0.3) is 21.8 Å². The lowest BCUT2D eigenvalue weighted by Crippen LogP contribution is -2.43. The van der Waals surface area contributed by atoms with Gasteiger partial charge in [0, 0.05) is 28.4 Å². The molecule has 3 aromatic rings. The first kappa shape index (κ1) is 20.2. The number of ether oxygens (including phenoxy) is 1. The van der Waals surface area contributed by atoms with E-state index in [-0.39, 0.29) is 12.6 Å². The highest BCUT2D eigenvalue weighted by Crippen LogP contribution is 2.33. The molecule has 1 aliphatic heterocycles. The number of nitrogens with two attached hydrogens (primary N) is 1. The number of rotatable bonds is 7. The molecule has 1 saturated heterocycles. The van der Waals surface area contributed by atoms with Gasteiger partial charge in [0.1, 0.15) is 18.5 Å². The van der Waals surface area contributed by atoms with Gasteiger partial charge in [-0.1, -0.05) is 24.3 Å². The summed E-state index contributed by atoms with van der Waals surface area (Å²) in [5, 5.41) is 12.8. The lowest BCUT2D eigenvalue weighted by atomic mass is 9.88. The fourth-order valence-electron chi connectivity index (χ4n) is 4.53. The van der Waals surface area contributed by atoms with E-state index in [1.807, 2.05) is 30.3 Å². The van der Waals surface area contributed by atoms with Gasteiger partial charge in [-0.2, -0.15) is 0 Å². The van der Waals surface area contributed by atoms with Gasteiger partial charge in [-0.15, -0.1) is 0 Å². The lowest BCUT2D eigenvalue weighted by molar-refractivity contribution is 0.0687. The zero-order valence-electron chi connectivity index (χ0n) is 17.5. The largest absolute Gasteiger partial charge is 0.490 e.